The molecule has 1 amide bonds. The highest BCUT2D eigenvalue weighted by Crippen LogP contribution is 2.38. The zero-order valence-electron chi connectivity index (χ0n) is 23.2. The molecule has 0 unspecified atom stereocenters. The molecule has 1 saturated heterocycles. The maximum atomic E-state index is 13.3. The second kappa shape index (κ2) is 12.0. The van der Waals surface area contributed by atoms with Crippen molar-refractivity contribution in [2.75, 3.05) is 43.0 Å². The minimum atomic E-state index is -4.82. The molecular weight excluding hydrogens is 525 g/mol. The van der Waals surface area contributed by atoms with Crippen LogP contribution in [0.1, 0.15) is 57.6 Å². The van der Waals surface area contributed by atoms with Gasteiger partial charge in [-0.25, -0.2) is 0 Å². The molecule has 0 spiro atoms. The Bertz CT molecular complexity index is 1180. The van der Waals surface area contributed by atoms with Crippen LogP contribution in [0.2, 0.25) is 0 Å². The highest BCUT2D eigenvalue weighted by molar-refractivity contribution is 5.77. The molecule has 1 aliphatic heterocycles. The van der Waals surface area contributed by atoms with E-state index in [2.05, 4.69) is 55.3 Å². The van der Waals surface area contributed by atoms with Gasteiger partial charge in [0, 0.05) is 49.7 Å². The van der Waals surface area contributed by atoms with Crippen LogP contribution in [-0.2, 0) is 21.1 Å². The van der Waals surface area contributed by atoms with E-state index in [9.17, 15) is 28.1 Å². The fourth-order valence-electron chi connectivity index (χ4n) is 5.29. The van der Waals surface area contributed by atoms with Gasteiger partial charge in [0.2, 0.25) is 5.91 Å². The van der Waals surface area contributed by atoms with Crippen molar-refractivity contribution in [2.45, 2.75) is 70.2 Å². The molecule has 1 heterocycles. The van der Waals surface area contributed by atoms with Gasteiger partial charge in [-0.3, -0.25) is 14.9 Å². The molecule has 2 fully saturated rings. The second-order valence-corrected chi connectivity index (χ2v) is 11.6. The summed E-state index contributed by atoms with van der Waals surface area (Å²) < 4.78 is 45.7. The first kappa shape index (κ1) is 29.6. The van der Waals surface area contributed by atoms with E-state index in [1.807, 2.05) is 4.90 Å². The maximum Gasteiger partial charge on any atom is 0.423 e. The predicted molar refractivity (Wildman–Crippen MR) is 148 cm³/mol. The molecule has 0 radical (unpaired) electrons. The van der Waals surface area contributed by atoms with Crippen LogP contribution in [0.15, 0.2) is 42.5 Å². The molecule has 2 aromatic rings. The number of alkyl halides is 3. The summed E-state index contributed by atoms with van der Waals surface area (Å²) >= 11 is 0. The molecule has 1 N–H and O–H groups in total. The summed E-state index contributed by atoms with van der Waals surface area (Å²) in [5.74, 6) is -0.0338. The van der Waals surface area contributed by atoms with Gasteiger partial charge in [0.15, 0.2) is 0 Å². The molecule has 0 aromatic heterocycles. The predicted octanol–water partition coefficient (Wildman–Crippen LogP) is 6.00. The van der Waals surface area contributed by atoms with E-state index in [0.717, 1.165) is 30.9 Å². The fourth-order valence-corrected chi connectivity index (χ4v) is 5.29. The van der Waals surface area contributed by atoms with Crippen LogP contribution in [-0.4, -0.2) is 60.7 Å². The minimum absolute atomic E-state index is 0.0142. The Morgan fingerprint density at radius 2 is 1.62 bits per heavy atom. The van der Waals surface area contributed by atoms with Gasteiger partial charge in [-0.05, 0) is 60.9 Å². The lowest BCUT2D eigenvalue weighted by atomic mass is 9.87. The summed E-state index contributed by atoms with van der Waals surface area (Å²) in [5.41, 5.74) is 0.516. The largest absolute Gasteiger partial charge is 0.423 e. The molecule has 218 valence electrons. The van der Waals surface area contributed by atoms with E-state index < -0.39 is 22.4 Å². The first-order valence-corrected chi connectivity index (χ1v) is 13.7. The number of carbonyl (C=O) groups excluding carboxylic acids is 1. The van der Waals surface area contributed by atoms with Gasteiger partial charge in [-0.1, -0.05) is 32.9 Å². The van der Waals surface area contributed by atoms with Gasteiger partial charge < -0.3 is 19.9 Å². The summed E-state index contributed by atoms with van der Waals surface area (Å²) in [6, 6.07) is 11.5. The smallest absolute Gasteiger partial charge is 0.382 e. The number of hydrogen-bond acceptors (Lipinski definition) is 6. The number of nitrogens with zero attached hydrogens (tertiary/aromatic N) is 3. The Balaban J connectivity index is 1.19. The molecule has 1 saturated carbocycles. The van der Waals surface area contributed by atoms with Crippen LogP contribution >= 0.6 is 0 Å². The Morgan fingerprint density at radius 3 is 2.17 bits per heavy atom. The van der Waals surface area contributed by atoms with Crippen molar-refractivity contribution in [3.8, 4) is 0 Å². The summed E-state index contributed by atoms with van der Waals surface area (Å²) in [6.45, 7) is 9.37. The summed E-state index contributed by atoms with van der Waals surface area (Å²) in [5, 5.41) is 14.0. The van der Waals surface area contributed by atoms with E-state index in [0.29, 0.717) is 38.8 Å². The zero-order chi connectivity index (χ0) is 29.1. The SMILES string of the molecule is CC(C)(C)c1ccc(N2CCN(C(=O)COC3CCC(Nc4ccc([N+](=O)[O-])c(C(F)(F)F)c4)CC3)CC2)cc1. The summed E-state index contributed by atoms with van der Waals surface area (Å²) in [4.78, 5) is 26.8. The normalized spacial score (nSPS) is 20.4. The summed E-state index contributed by atoms with van der Waals surface area (Å²) in [6.07, 6.45) is -2.26. The molecule has 0 bridgehead atoms. The number of ether oxygens (including phenoxy) is 1. The number of nitro benzene ring substituents is 1. The van der Waals surface area contributed by atoms with E-state index in [1.165, 1.54) is 11.6 Å². The first-order valence-electron chi connectivity index (χ1n) is 13.7. The van der Waals surface area contributed by atoms with Gasteiger partial charge in [0.1, 0.15) is 12.2 Å². The van der Waals surface area contributed by atoms with Gasteiger partial charge >= 0.3 is 6.18 Å². The molecule has 1 aliphatic carbocycles. The lowest BCUT2D eigenvalue weighted by molar-refractivity contribution is -0.388. The quantitative estimate of drug-likeness (QED) is 0.329. The number of rotatable bonds is 7. The van der Waals surface area contributed by atoms with Crippen molar-refractivity contribution >= 4 is 23.0 Å². The average Bonchev–Trinajstić information content (AvgIpc) is 2.91. The van der Waals surface area contributed by atoms with Crippen molar-refractivity contribution in [2.24, 2.45) is 0 Å². The van der Waals surface area contributed by atoms with E-state index in [-0.39, 0.29) is 35.8 Å². The number of hydrogen-bond donors (Lipinski definition) is 1. The summed E-state index contributed by atoms with van der Waals surface area (Å²) in [7, 11) is 0. The van der Waals surface area contributed by atoms with Gasteiger partial charge in [0.25, 0.3) is 5.69 Å². The van der Waals surface area contributed by atoms with Crippen molar-refractivity contribution in [1.29, 1.82) is 0 Å². The number of carbonyl (C=O) groups is 1. The molecule has 2 aliphatic rings. The van der Waals surface area contributed by atoms with E-state index >= 15 is 0 Å². The van der Waals surface area contributed by atoms with Crippen LogP contribution < -0.4 is 10.2 Å². The number of piperazine rings is 1. The van der Waals surface area contributed by atoms with E-state index in [4.69, 9.17) is 4.74 Å². The number of benzene rings is 2. The molecular formula is C29H37F3N4O4. The van der Waals surface area contributed by atoms with Crippen LogP contribution in [0.3, 0.4) is 0 Å². The van der Waals surface area contributed by atoms with Crippen molar-refractivity contribution in [1.82, 2.24) is 4.90 Å². The molecule has 0 atom stereocenters. The topological polar surface area (TPSA) is 88.0 Å². The molecule has 2 aromatic carbocycles. The zero-order valence-corrected chi connectivity index (χ0v) is 23.2. The van der Waals surface area contributed by atoms with Crippen molar-refractivity contribution < 1.29 is 27.6 Å². The van der Waals surface area contributed by atoms with Gasteiger partial charge in [-0.2, -0.15) is 13.2 Å². The molecule has 4 rings (SSSR count). The number of nitro groups is 1. The Kier molecular flexibility index (Phi) is 8.92. The Labute approximate surface area is 232 Å². The van der Waals surface area contributed by atoms with Gasteiger partial charge in [-0.15, -0.1) is 0 Å². The third kappa shape index (κ3) is 7.44. The van der Waals surface area contributed by atoms with Crippen LogP contribution in [0.5, 0.6) is 0 Å². The highest BCUT2D eigenvalue weighted by atomic mass is 19.4. The number of amides is 1. The average molecular weight is 563 g/mol. The number of anilines is 2. The lowest BCUT2D eigenvalue weighted by Crippen LogP contribution is -2.50. The third-order valence-electron chi connectivity index (χ3n) is 7.72. The van der Waals surface area contributed by atoms with Crippen molar-refractivity contribution in [3.63, 3.8) is 0 Å². The van der Waals surface area contributed by atoms with Crippen LogP contribution in [0, 0.1) is 10.1 Å². The van der Waals surface area contributed by atoms with Crippen LogP contribution in [0.4, 0.5) is 30.2 Å². The standard InChI is InChI=1S/C29H37F3N4O4/c1-28(2,3)20-4-9-23(10-5-20)34-14-16-35(17-15-34)27(37)19-40-24-11-6-21(7-12-24)33-22-8-13-26(36(38)39)25(18-22)29(30,31)32/h4-5,8-10,13,18,21,24,33H,6-7,11-12,14-17,19H2,1-3H3. The maximum absolute atomic E-state index is 13.3. The Hall–Kier alpha value is -3.34. The molecule has 40 heavy (non-hydrogen) atoms. The second-order valence-electron chi connectivity index (χ2n) is 11.6. The highest BCUT2D eigenvalue weighted by Gasteiger charge is 2.38. The lowest BCUT2D eigenvalue weighted by Gasteiger charge is -2.37. The minimum Gasteiger partial charge on any atom is -0.382 e. The molecule has 8 nitrogen and oxygen atoms in total. The number of halogens is 3. The molecule has 11 heteroatoms. The number of nitrogens with one attached hydrogen (secondary N) is 1. The first-order chi connectivity index (χ1) is 18.8. The van der Waals surface area contributed by atoms with Gasteiger partial charge in [0.05, 0.1) is 11.0 Å². The third-order valence-corrected chi connectivity index (χ3v) is 7.72. The van der Waals surface area contributed by atoms with Crippen molar-refractivity contribution in [3.05, 3.63) is 63.7 Å². The van der Waals surface area contributed by atoms with E-state index in [1.54, 1.807) is 0 Å². The monoisotopic (exact) mass is 562 g/mol. The van der Waals surface area contributed by atoms with Crippen LogP contribution in [0.25, 0.3) is 0 Å². The Morgan fingerprint density at radius 1 is 1.00 bits per heavy atom. The fraction of sp³-hybridized carbons (Fsp3) is 0.552.